The molecule has 1 fully saturated rings. The predicted octanol–water partition coefficient (Wildman–Crippen LogP) is 0.317. The smallest absolute Gasteiger partial charge is 0.219 e. The second-order valence-corrected chi connectivity index (χ2v) is 5.07. The van der Waals surface area contributed by atoms with Gasteiger partial charge in [0.25, 0.3) is 0 Å². The van der Waals surface area contributed by atoms with E-state index < -0.39 is 0 Å². The van der Waals surface area contributed by atoms with E-state index >= 15 is 0 Å². The standard InChI is InChI=1S/C13H19N5O/c1-10(19)17-5-7-18(8-6-17)13-14-9-11-3-4-16(2)12(11)15-13/h3-4,9,13,15H,5-8H2,1-2H3. The van der Waals surface area contributed by atoms with Crippen molar-refractivity contribution in [3.05, 3.63) is 17.8 Å². The summed E-state index contributed by atoms with van der Waals surface area (Å²) in [5, 5.41) is 3.45. The minimum absolute atomic E-state index is 0.0183. The Bertz CT molecular complexity index is 513. The molecule has 19 heavy (non-hydrogen) atoms. The summed E-state index contributed by atoms with van der Waals surface area (Å²) in [7, 11) is 2.02. The van der Waals surface area contributed by atoms with Crippen LogP contribution in [0.4, 0.5) is 5.82 Å². The number of nitrogens with one attached hydrogen (secondary N) is 1. The van der Waals surface area contributed by atoms with Crippen LogP contribution in [0, 0.1) is 0 Å². The van der Waals surface area contributed by atoms with Crippen molar-refractivity contribution >= 4 is 17.9 Å². The zero-order chi connectivity index (χ0) is 13.4. The lowest BCUT2D eigenvalue weighted by atomic mass is 10.3. The number of piperazine rings is 1. The third-order valence-electron chi connectivity index (χ3n) is 3.83. The van der Waals surface area contributed by atoms with E-state index in [1.165, 1.54) is 0 Å². The molecule has 1 saturated heterocycles. The SMILES string of the molecule is CC(=O)N1CCN(C2N=Cc3ccn(C)c3N2)CC1. The minimum atomic E-state index is -0.0183. The van der Waals surface area contributed by atoms with Crippen LogP contribution in [-0.4, -0.2) is 59.0 Å². The Kier molecular flexibility index (Phi) is 3.02. The molecule has 1 unspecified atom stereocenters. The van der Waals surface area contributed by atoms with E-state index in [2.05, 4.69) is 25.8 Å². The van der Waals surface area contributed by atoms with Gasteiger partial charge in [-0.2, -0.15) is 0 Å². The second-order valence-electron chi connectivity index (χ2n) is 5.07. The fourth-order valence-electron chi connectivity index (χ4n) is 2.62. The zero-order valence-corrected chi connectivity index (χ0v) is 11.3. The van der Waals surface area contributed by atoms with Gasteiger partial charge in [0.1, 0.15) is 5.82 Å². The van der Waals surface area contributed by atoms with Crippen molar-refractivity contribution < 1.29 is 4.79 Å². The number of aromatic nitrogens is 1. The van der Waals surface area contributed by atoms with Crippen LogP contribution >= 0.6 is 0 Å². The van der Waals surface area contributed by atoms with Crippen LogP contribution in [0.1, 0.15) is 12.5 Å². The molecule has 3 rings (SSSR count). The molecule has 0 radical (unpaired) electrons. The molecule has 1 N–H and O–H groups in total. The maximum absolute atomic E-state index is 11.3. The molecule has 3 heterocycles. The van der Waals surface area contributed by atoms with E-state index in [1.54, 1.807) is 6.92 Å². The highest BCUT2D eigenvalue weighted by molar-refractivity contribution is 5.88. The van der Waals surface area contributed by atoms with Gasteiger partial charge in [0.2, 0.25) is 5.91 Å². The maximum Gasteiger partial charge on any atom is 0.219 e. The van der Waals surface area contributed by atoms with Gasteiger partial charge in [0, 0.05) is 58.1 Å². The highest BCUT2D eigenvalue weighted by Crippen LogP contribution is 2.21. The summed E-state index contributed by atoms with van der Waals surface area (Å²) in [4.78, 5) is 20.0. The van der Waals surface area contributed by atoms with Gasteiger partial charge in [-0.3, -0.25) is 14.7 Å². The van der Waals surface area contributed by atoms with Crippen molar-refractivity contribution in [2.24, 2.45) is 12.0 Å². The molecule has 1 amide bonds. The summed E-state index contributed by atoms with van der Waals surface area (Å²) in [6.07, 6.45) is 3.93. The summed E-state index contributed by atoms with van der Waals surface area (Å²) in [5.74, 6) is 1.26. The second kappa shape index (κ2) is 4.70. The quantitative estimate of drug-likeness (QED) is 0.792. The number of nitrogens with zero attached hydrogens (tertiary/aromatic N) is 4. The molecule has 102 valence electrons. The van der Waals surface area contributed by atoms with Crippen LogP contribution in [0.25, 0.3) is 0 Å². The topological polar surface area (TPSA) is 52.9 Å². The first-order valence-electron chi connectivity index (χ1n) is 6.60. The summed E-state index contributed by atoms with van der Waals surface area (Å²) >= 11 is 0. The van der Waals surface area contributed by atoms with Crippen molar-refractivity contribution in [2.75, 3.05) is 31.5 Å². The van der Waals surface area contributed by atoms with E-state index in [0.717, 1.165) is 37.6 Å². The fraction of sp³-hybridized carbons (Fsp3) is 0.538. The van der Waals surface area contributed by atoms with Gasteiger partial charge in [-0.15, -0.1) is 0 Å². The number of hydrogen-bond acceptors (Lipinski definition) is 4. The average Bonchev–Trinajstić information content (AvgIpc) is 2.80. The molecule has 6 heteroatoms. The molecule has 0 saturated carbocycles. The molecule has 2 aliphatic rings. The van der Waals surface area contributed by atoms with Crippen LogP contribution in [0.15, 0.2) is 17.3 Å². The van der Waals surface area contributed by atoms with Gasteiger partial charge in [-0.05, 0) is 6.07 Å². The summed E-state index contributed by atoms with van der Waals surface area (Å²) in [5.41, 5.74) is 1.13. The zero-order valence-electron chi connectivity index (χ0n) is 11.3. The number of aliphatic imine (C=N–C) groups is 1. The van der Waals surface area contributed by atoms with Crippen LogP contribution in [-0.2, 0) is 11.8 Å². The number of hydrogen-bond donors (Lipinski definition) is 1. The molecular formula is C13H19N5O. The number of aryl methyl sites for hydroxylation is 1. The highest BCUT2D eigenvalue weighted by atomic mass is 16.2. The molecule has 0 spiro atoms. The van der Waals surface area contributed by atoms with Crippen molar-refractivity contribution in [1.82, 2.24) is 14.4 Å². The normalized spacial score (nSPS) is 23.1. The van der Waals surface area contributed by atoms with Gasteiger partial charge in [-0.1, -0.05) is 0 Å². The van der Waals surface area contributed by atoms with Crippen molar-refractivity contribution in [2.45, 2.75) is 13.2 Å². The van der Waals surface area contributed by atoms with Gasteiger partial charge in [0.05, 0.1) is 0 Å². The van der Waals surface area contributed by atoms with Crippen LogP contribution in [0.5, 0.6) is 0 Å². The molecule has 0 aliphatic carbocycles. The largest absolute Gasteiger partial charge is 0.340 e. The van der Waals surface area contributed by atoms with Crippen molar-refractivity contribution in [3.63, 3.8) is 0 Å². The van der Waals surface area contributed by atoms with E-state index in [4.69, 9.17) is 0 Å². The van der Waals surface area contributed by atoms with Crippen molar-refractivity contribution in [1.29, 1.82) is 0 Å². The van der Waals surface area contributed by atoms with E-state index in [9.17, 15) is 4.79 Å². The van der Waals surface area contributed by atoms with Crippen molar-refractivity contribution in [3.8, 4) is 0 Å². The molecular weight excluding hydrogens is 242 g/mol. The number of rotatable bonds is 1. The Balaban J connectivity index is 1.66. The number of anilines is 1. The number of carbonyl (C=O) groups is 1. The average molecular weight is 261 g/mol. The van der Waals surface area contributed by atoms with Gasteiger partial charge < -0.3 is 14.8 Å². The Morgan fingerprint density at radius 1 is 1.37 bits per heavy atom. The minimum Gasteiger partial charge on any atom is -0.340 e. The first-order valence-corrected chi connectivity index (χ1v) is 6.60. The van der Waals surface area contributed by atoms with Gasteiger partial charge in [-0.25, -0.2) is 0 Å². The first kappa shape index (κ1) is 12.2. The lowest BCUT2D eigenvalue weighted by Gasteiger charge is -2.38. The maximum atomic E-state index is 11.3. The molecule has 0 aromatic carbocycles. The molecule has 2 aliphatic heterocycles. The fourth-order valence-corrected chi connectivity index (χ4v) is 2.62. The third kappa shape index (κ3) is 2.23. The summed E-state index contributed by atoms with van der Waals surface area (Å²) in [6.45, 7) is 4.90. The Labute approximate surface area is 112 Å². The van der Waals surface area contributed by atoms with Crippen LogP contribution in [0.3, 0.4) is 0 Å². The number of amides is 1. The Morgan fingerprint density at radius 3 is 2.79 bits per heavy atom. The number of carbonyl (C=O) groups excluding carboxylic acids is 1. The lowest BCUT2D eigenvalue weighted by Crippen LogP contribution is -2.53. The van der Waals surface area contributed by atoms with Gasteiger partial charge >= 0.3 is 0 Å². The lowest BCUT2D eigenvalue weighted by molar-refractivity contribution is -0.130. The third-order valence-corrected chi connectivity index (χ3v) is 3.83. The van der Waals surface area contributed by atoms with Crippen LogP contribution in [0.2, 0.25) is 0 Å². The van der Waals surface area contributed by atoms with E-state index in [0.29, 0.717) is 0 Å². The Hall–Kier alpha value is -1.82. The molecule has 0 bridgehead atoms. The summed E-state index contributed by atoms with van der Waals surface area (Å²) in [6, 6.07) is 2.05. The van der Waals surface area contributed by atoms with Crippen LogP contribution < -0.4 is 5.32 Å². The van der Waals surface area contributed by atoms with E-state index in [1.807, 2.05) is 24.4 Å². The highest BCUT2D eigenvalue weighted by Gasteiger charge is 2.26. The molecule has 1 atom stereocenters. The molecule has 1 aromatic heterocycles. The first-order chi connectivity index (χ1) is 9.15. The Morgan fingerprint density at radius 2 is 2.11 bits per heavy atom. The summed E-state index contributed by atoms with van der Waals surface area (Å²) < 4.78 is 2.07. The molecule has 6 nitrogen and oxygen atoms in total. The molecule has 1 aromatic rings. The van der Waals surface area contributed by atoms with E-state index in [-0.39, 0.29) is 12.2 Å². The predicted molar refractivity (Wildman–Crippen MR) is 74.2 cm³/mol. The monoisotopic (exact) mass is 261 g/mol. The van der Waals surface area contributed by atoms with Gasteiger partial charge in [0.15, 0.2) is 6.29 Å². The number of fused-ring (bicyclic) bond motifs is 1.